The van der Waals surface area contributed by atoms with Gasteiger partial charge in [0.25, 0.3) is 0 Å². The van der Waals surface area contributed by atoms with Gasteiger partial charge in [0.15, 0.2) is 0 Å². The Bertz CT molecular complexity index is 264. The van der Waals surface area contributed by atoms with Crippen molar-refractivity contribution in [2.24, 2.45) is 0 Å². The van der Waals surface area contributed by atoms with Crippen LogP contribution >= 0.6 is 0 Å². The molecule has 0 amide bonds. The van der Waals surface area contributed by atoms with E-state index in [0.29, 0.717) is 26.2 Å². The molecule has 0 aliphatic carbocycles. The summed E-state index contributed by atoms with van der Waals surface area (Å²) in [6.07, 6.45) is 14.6. The van der Waals surface area contributed by atoms with Gasteiger partial charge in [0, 0.05) is 13.2 Å². The first kappa shape index (κ1) is 38.3. The maximum atomic E-state index is 9.59. The molecule has 0 radical (unpaired) electrons. The minimum absolute atomic E-state index is 0. The van der Waals surface area contributed by atoms with Crippen LogP contribution in [0.1, 0.15) is 90.9 Å². The SMILES string of the molecule is CCCCCCCCO[C-]=O.CCCCCCCCO[C-]=O.O=[C-]O.O=[C-]O.[Sn+4]. The van der Waals surface area contributed by atoms with Crippen molar-refractivity contribution in [2.75, 3.05) is 13.2 Å². The largest absolute Gasteiger partial charge is 4.00 e. The van der Waals surface area contributed by atoms with Gasteiger partial charge in [0.05, 0.1) is 0 Å². The van der Waals surface area contributed by atoms with Gasteiger partial charge in [-0.05, 0) is 12.8 Å². The molecule has 0 spiro atoms. The molecule has 29 heavy (non-hydrogen) atoms. The van der Waals surface area contributed by atoms with Gasteiger partial charge >= 0.3 is 23.9 Å². The Kier molecular flexibility index (Phi) is 66.6. The summed E-state index contributed by atoms with van der Waals surface area (Å²) in [5.74, 6) is 0. The molecule has 0 heterocycles. The van der Waals surface area contributed by atoms with E-state index in [9.17, 15) is 9.59 Å². The topological polar surface area (TPSA) is 127 Å². The number of hydrogen-bond acceptors (Lipinski definition) is 6. The molecule has 0 bridgehead atoms. The van der Waals surface area contributed by atoms with E-state index in [2.05, 4.69) is 23.3 Å². The Hall–Kier alpha value is -1.32. The third-order valence-electron chi connectivity index (χ3n) is 3.32. The monoisotopic (exact) mass is 524 g/mol. The maximum absolute atomic E-state index is 9.59. The summed E-state index contributed by atoms with van der Waals surface area (Å²) in [5, 5.41) is 13.5. The van der Waals surface area contributed by atoms with Crippen LogP contribution in [-0.2, 0) is 28.7 Å². The van der Waals surface area contributed by atoms with Gasteiger partial charge in [-0.25, -0.2) is 0 Å². The van der Waals surface area contributed by atoms with Crippen molar-refractivity contribution in [3.63, 3.8) is 0 Å². The zero-order valence-electron chi connectivity index (χ0n) is 17.7. The number of aliphatic hydroxyl groups excluding tert-OH is 2. The average molecular weight is 523 g/mol. The van der Waals surface area contributed by atoms with Crippen molar-refractivity contribution < 1.29 is 38.9 Å². The Morgan fingerprint density at radius 1 is 0.552 bits per heavy atom. The second-order valence-electron chi connectivity index (χ2n) is 5.58. The van der Waals surface area contributed by atoms with Gasteiger partial charge in [-0.2, -0.15) is 0 Å². The normalized spacial score (nSPS) is 8.07. The van der Waals surface area contributed by atoms with Crippen LogP contribution in [0.25, 0.3) is 0 Å². The fourth-order valence-corrected chi connectivity index (χ4v) is 1.99. The molecule has 8 nitrogen and oxygen atoms in total. The third-order valence-corrected chi connectivity index (χ3v) is 3.32. The molecule has 0 rings (SSSR count). The second-order valence-corrected chi connectivity index (χ2v) is 5.58. The van der Waals surface area contributed by atoms with Crippen LogP contribution in [-0.4, -0.2) is 73.2 Å². The summed E-state index contributed by atoms with van der Waals surface area (Å²) in [7, 11) is 0. The number of carbonyl (C=O) groups excluding carboxylic acids is 2. The van der Waals surface area contributed by atoms with Gasteiger partial charge < -0.3 is 38.9 Å². The molecule has 0 aromatic carbocycles. The smallest absolute Gasteiger partial charge is 0.665 e. The number of hydrogen-bond donors (Lipinski definition) is 2. The Balaban J connectivity index is -0.000000101. The van der Waals surface area contributed by atoms with Crippen molar-refractivity contribution in [3.8, 4) is 0 Å². The number of rotatable bonds is 16. The van der Waals surface area contributed by atoms with E-state index < -0.39 is 0 Å². The van der Waals surface area contributed by atoms with Crippen LogP contribution in [0.4, 0.5) is 0 Å². The second kappa shape index (κ2) is 50.4. The van der Waals surface area contributed by atoms with E-state index in [1.54, 1.807) is 0 Å². The quantitative estimate of drug-likeness (QED) is 0.178. The average Bonchev–Trinajstić information content (AvgIpc) is 2.69. The van der Waals surface area contributed by atoms with E-state index in [0.717, 1.165) is 12.8 Å². The fourth-order valence-electron chi connectivity index (χ4n) is 1.99. The van der Waals surface area contributed by atoms with Crippen LogP contribution in [0.3, 0.4) is 0 Å². The third kappa shape index (κ3) is 75.4. The first-order valence-electron chi connectivity index (χ1n) is 9.66. The summed E-state index contributed by atoms with van der Waals surface area (Å²) in [6.45, 7) is 9.31. The van der Waals surface area contributed by atoms with Gasteiger partial charge in [-0.15, -0.1) is 0 Å². The van der Waals surface area contributed by atoms with Crippen molar-refractivity contribution in [3.05, 3.63) is 0 Å². The van der Waals surface area contributed by atoms with E-state index in [-0.39, 0.29) is 23.9 Å². The Labute approximate surface area is 192 Å². The summed E-state index contributed by atoms with van der Waals surface area (Å²) in [6, 6.07) is 0. The van der Waals surface area contributed by atoms with Crippen LogP contribution in [0.15, 0.2) is 0 Å². The van der Waals surface area contributed by atoms with E-state index in [4.69, 9.17) is 19.8 Å². The van der Waals surface area contributed by atoms with Crippen molar-refractivity contribution in [1.29, 1.82) is 0 Å². The van der Waals surface area contributed by atoms with Gasteiger partial charge in [-0.1, -0.05) is 104 Å². The zero-order chi connectivity index (χ0) is 22.1. The molecule has 0 unspecified atom stereocenters. The molecular weight excluding hydrogens is 487 g/mol. The fraction of sp³-hybridized carbons (Fsp3) is 0.800. The van der Waals surface area contributed by atoms with E-state index in [1.165, 1.54) is 77.2 Å². The van der Waals surface area contributed by atoms with Crippen molar-refractivity contribution >= 4 is 49.8 Å². The summed E-state index contributed by atoms with van der Waals surface area (Å²) < 4.78 is 8.87. The molecule has 0 aliphatic heterocycles. The summed E-state index contributed by atoms with van der Waals surface area (Å²) in [4.78, 5) is 35.7. The minimum atomic E-state index is 0. The number of unbranched alkanes of at least 4 members (excludes halogenated alkanes) is 10. The molecule has 0 fully saturated rings. The predicted molar refractivity (Wildman–Crippen MR) is 112 cm³/mol. The van der Waals surface area contributed by atoms with Crippen molar-refractivity contribution in [1.82, 2.24) is 0 Å². The first-order valence-corrected chi connectivity index (χ1v) is 9.66. The molecule has 0 saturated carbocycles. The molecule has 0 atom stereocenters. The Morgan fingerprint density at radius 2 is 0.793 bits per heavy atom. The molecule has 168 valence electrons. The van der Waals surface area contributed by atoms with Crippen LogP contribution in [0.2, 0.25) is 0 Å². The molecule has 2 N–H and O–H groups in total. The molecule has 9 heteroatoms. The summed E-state index contributed by atoms with van der Waals surface area (Å²) >= 11 is 0. The van der Waals surface area contributed by atoms with Crippen LogP contribution in [0, 0.1) is 0 Å². The molecule has 0 aliphatic rings. The standard InChI is InChI=1S/2C9H17O2.2CHO2.Sn/c2*1-2-3-4-5-6-7-8-11-9-10;2*2-1-3;/h2*2-8H2,1H3;2*(H,2,3);/q4*-1;+4. The van der Waals surface area contributed by atoms with Crippen molar-refractivity contribution in [2.45, 2.75) is 90.9 Å². The van der Waals surface area contributed by atoms with Gasteiger partial charge in [0.2, 0.25) is 0 Å². The van der Waals surface area contributed by atoms with E-state index in [1.807, 2.05) is 0 Å². The molecule has 0 saturated heterocycles. The van der Waals surface area contributed by atoms with Gasteiger partial charge in [0.1, 0.15) is 0 Å². The van der Waals surface area contributed by atoms with Crippen LogP contribution in [0.5, 0.6) is 0 Å². The molecule has 0 aromatic rings. The first-order chi connectivity index (χ1) is 13.7. The van der Waals surface area contributed by atoms with E-state index >= 15 is 0 Å². The summed E-state index contributed by atoms with van der Waals surface area (Å²) in [5.41, 5.74) is 0. The van der Waals surface area contributed by atoms with Crippen LogP contribution < -0.4 is 0 Å². The predicted octanol–water partition coefficient (Wildman–Crippen LogP) is 3.70. The maximum Gasteiger partial charge on any atom is 4.00 e. The molecular formula is C20H36O8Sn. The number of ether oxygens (including phenoxy) is 2. The minimum Gasteiger partial charge on any atom is -0.665 e. The zero-order valence-corrected chi connectivity index (χ0v) is 20.6. The Morgan fingerprint density at radius 3 is 1.03 bits per heavy atom. The molecule has 0 aromatic heterocycles. The van der Waals surface area contributed by atoms with Gasteiger partial charge in [-0.3, -0.25) is 0 Å².